The number of pyridine rings is 1. The molecule has 0 aliphatic carbocycles. The lowest BCUT2D eigenvalue weighted by Gasteiger charge is -2.39. The average Bonchev–Trinajstić information content (AvgIpc) is 3.00. The molecule has 2 N–H and O–H groups in total. The first kappa shape index (κ1) is 16.7. The normalized spacial score (nSPS) is 22.5. The monoisotopic (exact) mass is 333 g/mol. The molecule has 130 valence electrons. The van der Waals surface area contributed by atoms with E-state index in [-0.39, 0.29) is 11.3 Å². The van der Waals surface area contributed by atoms with Crippen LogP contribution in [0.3, 0.4) is 0 Å². The largest absolute Gasteiger partial charge is 0.480 e. The van der Waals surface area contributed by atoms with E-state index in [1.165, 1.54) is 0 Å². The standard InChI is InChI=1S/C17H23N3O4/c1-2-24-14-12(4-3-7-18-14)15(21)20-8-5-17(6-9-20)10-13(16(22)23)19-11-17/h3-4,7,13,19H,2,5-6,8-11H2,1H3,(H,22,23)/t13-/m0/s1. The summed E-state index contributed by atoms with van der Waals surface area (Å²) in [4.78, 5) is 29.9. The second kappa shape index (κ2) is 6.76. The van der Waals surface area contributed by atoms with E-state index in [2.05, 4.69) is 10.3 Å². The van der Waals surface area contributed by atoms with Gasteiger partial charge in [0.2, 0.25) is 5.88 Å². The predicted molar refractivity (Wildman–Crippen MR) is 87.0 cm³/mol. The van der Waals surface area contributed by atoms with Crippen LogP contribution in [0.5, 0.6) is 5.88 Å². The van der Waals surface area contributed by atoms with Crippen LogP contribution in [0.4, 0.5) is 0 Å². The van der Waals surface area contributed by atoms with E-state index in [1.807, 2.05) is 11.8 Å². The summed E-state index contributed by atoms with van der Waals surface area (Å²) in [6.07, 6.45) is 3.89. The first-order chi connectivity index (χ1) is 11.5. The number of ether oxygens (including phenoxy) is 1. The molecule has 24 heavy (non-hydrogen) atoms. The van der Waals surface area contributed by atoms with Crippen LogP contribution in [-0.2, 0) is 4.79 Å². The number of likely N-dealkylation sites (tertiary alicyclic amines) is 1. The Balaban J connectivity index is 1.65. The Morgan fingerprint density at radius 1 is 1.46 bits per heavy atom. The highest BCUT2D eigenvalue weighted by atomic mass is 16.5. The topological polar surface area (TPSA) is 91.8 Å². The SMILES string of the molecule is CCOc1ncccc1C(=O)N1CCC2(CC1)CN[C@H](C(=O)O)C2. The lowest BCUT2D eigenvalue weighted by atomic mass is 9.76. The van der Waals surface area contributed by atoms with E-state index in [1.54, 1.807) is 18.3 Å². The van der Waals surface area contributed by atoms with Gasteiger partial charge < -0.3 is 20.1 Å². The number of carbonyl (C=O) groups is 2. The van der Waals surface area contributed by atoms with Gasteiger partial charge in [0, 0.05) is 25.8 Å². The van der Waals surface area contributed by atoms with Crippen LogP contribution in [-0.4, -0.2) is 59.1 Å². The summed E-state index contributed by atoms with van der Waals surface area (Å²) in [5.41, 5.74) is 0.487. The number of carboxylic acids is 1. The van der Waals surface area contributed by atoms with Crippen molar-refractivity contribution in [3.8, 4) is 5.88 Å². The van der Waals surface area contributed by atoms with Crippen molar-refractivity contribution in [2.75, 3.05) is 26.2 Å². The molecule has 1 spiro atoms. The fourth-order valence-electron chi connectivity index (χ4n) is 3.63. The molecule has 3 rings (SSSR count). The fraction of sp³-hybridized carbons (Fsp3) is 0.588. The molecule has 0 aromatic carbocycles. The van der Waals surface area contributed by atoms with Gasteiger partial charge in [-0.3, -0.25) is 9.59 Å². The molecule has 1 atom stereocenters. The number of rotatable bonds is 4. The van der Waals surface area contributed by atoms with E-state index < -0.39 is 12.0 Å². The quantitative estimate of drug-likeness (QED) is 0.859. The third kappa shape index (κ3) is 3.21. The molecular formula is C17H23N3O4. The molecule has 2 aliphatic rings. The van der Waals surface area contributed by atoms with Crippen LogP contribution in [0.15, 0.2) is 18.3 Å². The molecule has 7 nitrogen and oxygen atoms in total. The number of aromatic nitrogens is 1. The molecule has 7 heteroatoms. The smallest absolute Gasteiger partial charge is 0.320 e. The van der Waals surface area contributed by atoms with Gasteiger partial charge in [-0.2, -0.15) is 0 Å². The van der Waals surface area contributed by atoms with Gasteiger partial charge in [0.05, 0.1) is 6.61 Å². The van der Waals surface area contributed by atoms with E-state index in [9.17, 15) is 9.59 Å². The zero-order valence-corrected chi connectivity index (χ0v) is 13.8. The second-order valence-electron chi connectivity index (χ2n) is 6.56. The molecule has 0 radical (unpaired) electrons. The highest BCUT2D eigenvalue weighted by Crippen LogP contribution is 2.39. The number of aliphatic carboxylic acids is 1. The lowest BCUT2D eigenvalue weighted by Crippen LogP contribution is -2.44. The van der Waals surface area contributed by atoms with Crippen molar-refractivity contribution in [3.05, 3.63) is 23.9 Å². The van der Waals surface area contributed by atoms with Crippen molar-refractivity contribution in [1.29, 1.82) is 0 Å². The zero-order chi connectivity index (χ0) is 17.2. The number of nitrogens with zero attached hydrogens (tertiary/aromatic N) is 2. The van der Waals surface area contributed by atoms with Gasteiger partial charge in [0.15, 0.2) is 0 Å². The minimum Gasteiger partial charge on any atom is -0.480 e. The first-order valence-electron chi connectivity index (χ1n) is 8.38. The third-order valence-electron chi connectivity index (χ3n) is 5.05. The zero-order valence-electron chi connectivity index (χ0n) is 13.8. The minimum absolute atomic E-state index is 0.00246. The summed E-state index contributed by atoms with van der Waals surface area (Å²) in [7, 11) is 0. The number of carboxylic acid groups (broad SMARTS) is 1. The second-order valence-corrected chi connectivity index (χ2v) is 6.56. The Labute approximate surface area is 141 Å². The fourth-order valence-corrected chi connectivity index (χ4v) is 3.63. The molecule has 1 aromatic heterocycles. The van der Waals surface area contributed by atoms with E-state index in [4.69, 9.17) is 9.84 Å². The molecule has 0 saturated carbocycles. The number of nitrogens with one attached hydrogen (secondary N) is 1. The number of piperidine rings is 1. The van der Waals surface area contributed by atoms with Crippen LogP contribution < -0.4 is 10.1 Å². The Bertz CT molecular complexity index is 626. The number of carbonyl (C=O) groups excluding carboxylic acids is 1. The Morgan fingerprint density at radius 2 is 2.21 bits per heavy atom. The van der Waals surface area contributed by atoms with Gasteiger partial charge in [-0.1, -0.05) is 0 Å². The van der Waals surface area contributed by atoms with Crippen molar-refractivity contribution in [2.45, 2.75) is 32.2 Å². The molecular weight excluding hydrogens is 310 g/mol. The maximum Gasteiger partial charge on any atom is 0.320 e. The molecule has 2 saturated heterocycles. The van der Waals surface area contributed by atoms with Gasteiger partial charge in [0.25, 0.3) is 5.91 Å². The predicted octanol–water partition coefficient (Wildman–Crippen LogP) is 1.15. The van der Waals surface area contributed by atoms with Crippen LogP contribution >= 0.6 is 0 Å². The minimum atomic E-state index is -0.790. The molecule has 1 amide bonds. The van der Waals surface area contributed by atoms with Gasteiger partial charge in [0.1, 0.15) is 11.6 Å². The molecule has 1 aromatic rings. The lowest BCUT2D eigenvalue weighted by molar-refractivity contribution is -0.139. The van der Waals surface area contributed by atoms with Gasteiger partial charge >= 0.3 is 5.97 Å². The van der Waals surface area contributed by atoms with Crippen molar-refractivity contribution in [2.24, 2.45) is 5.41 Å². The van der Waals surface area contributed by atoms with Crippen LogP contribution in [0.2, 0.25) is 0 Å². The van der Waals surface area contributed by atoms with E-state index in [0.717, 1.165) is 12.8 Å². The van der Waals surface area contributed by atoms with Crippen molar-refractivity contribution in [3.63, 3.8) is 0 Å². The average molecular weight is 333 g/mol. The molecule has 0 bridgehead atoms. The summed E-state index contributed by atoms with van der Waals surface area (Å²) >= 11 is 0. The summed E-state index contributed by atoms with van der Waals surface area (Å²) < 4.78 is 5.45. The highest BCUT2D eigenvalue weighted by molar-refractivity contribution is 5.96. The highest BCUT2D eigenvalue weighted by Gasteiger charge is 2.44. The summed E-state index contributed by atoms with van der Waals surface area (Å²) in [6, 6.07) is 3.01. The Kier molecular flexibility index (Phi) is 4.71. The Hall–Kier alpha value is -2.15. The van der Waals surface area contributed by atoms with Crippen LogP contribution in [0, 0.1) is 5.41 Å². The van der Waals surface area contributed by atoms with Crippen molar-refractivity contribution >= 4 is 11.9 Å². The maximum absolute atomic E-state index is 12.8. The number of hydrogen-bond acceptors (Lipinski definition) is 5. The molecule has 3 heterocycles. The molecule has 0 unspecified atom stereocenters. The van der Waals surface area contributed by atoms with Crippen LogP contribution in [0.25, 0.3) is 0 Å². The number of amides is 1. The van der Waals surface area contributed by atoms with Gasteiger partial charge in [-0.25, -0.2) is 4.98 Å². The van der Waals surface area contributed by atoms with Gasteiger partial charge in [-0.15, -0.1) is 0 Å². The van der Waals surface area contributed by atoms with Crippen molar-refractivity contribution < 1.29 is 19.4 Å². The van der Waals surface area contributed by atoms with Crippen molar-refractivity contribution in [1.82, 2.24) is 15.2 Å². The third-order valence-corrected chi connectivity index (χ3v) is 5.05. The summed E-state index contributed by atoms with van der Waals surface area (Å²) in [5, 5.41) is 12.2. The van der Waals surface area contributed by atoms with E-state index >= 15 is 0 Å². The number of hydrogen-bond donors (Lipinski definition) is 2. The summed E-state index contributed by atoms with van der Waals surface area (Å²) in [5.74, 6) is -0.483. The summed E-state index contributed by atoms with van der Waals surface area (Å²) in [6.45, 7) is 4.30. The van der Waals surface area contributed by atoms with Crippen LogP contribution in [0.1, 0.15) is 36.5 Å². The van der Waals surface area contributed by atoms with E-state index in [0.29, 0.717) is 44.1 Å². The maximum atomic E-state index is 12.8. The van der Waals surface area contributed by atoms with Gasteiger partial charge in [-0.05, 0) is 43.7 Å². The molecule has 2 fully saturated rings. The Morgan fingerprint density at radius 3 is 2.83 bits per heavy atom. The first-order valence-corrected chi connectivity index (χ1v) is 8.38. The molecule has 2 aliphatic heterocycles.